The van der Waals surface area contributed by atoms with Crippen LogP contribution in [0.1, 0.15) is 25.3 Å². The summed E-state index contributed by atoms with van der Waals surface area (Å²) in [7, 11) is 1.73. The number of fused-ring (bicyclic) bond motifs is 1. The van der Waals surface area contributed by atoms with Crippen molar-refractivity contribution in [2.45, 2.75) is 31.3 Å². The van der Waals surface area contributed by atoms with Gasteiger partial charge in [-0.15, -0.1) is 0 Å². The summed E-state index contributed by atoms with van der Waals surface area (Å²) < 4.78 is 7.32. The highest BCUT2D eigenvalue weighted by molar-refractivity contribution is 5.84. The van der Waals surface area contributed by atoms with Crippen LogP contribution in [-0.4, -0.2) is 39.3 Å². The van der Waals surface area contributed by atoms with Gasteiger partial charge in [-0.2, -0.15) is 9.97 Å². The molecule has 22 heavy (non-hydrogen) atoms. The van der Waals surface area contributed by atoms with Crippen LogP contribution in [0, 0.1) is 5.92 Å². The van der Waals surface area contributed by atoms with Crippen LogP contribution in [0.3, 0.4) is 0 Å². The molecular formula is C15H20N6O. The molecule has 0 bridgehead atoms. The van der Waals surface area contributed by atoms with Crippen LogP contribution in [0.25, 0.3) is 11.2 Å². The third-order valence-corrected chi connectivity index (χ3v) is 4.24. The van der Waals surface area contributed by atoms with E-state index in [9.17, 15) is 0 Å². The van der Waals surface area contributed by atoms with E-state index >= 15 is 0 Å². The van der Waals surface area contributed by atoms with E-state index in [4.69, 9.17) is 10.5 Å². The number of ether oxygens (including phenoxy) is 1. The van der Waals surface area contributed by atoms with E-state index < -0.39 is 0 Å². The Kier molecular flexibility index (Phi) is 3.22. The molecule has 1 saturated carbocycles. The van der Waals surface area contributed by atoms with Gasteiger partial charge in [0.05, 0.1) is 19.0 Å². The Labute approximate surface area is 128 Å². The molecule has 0 amide bonds. The number of nitrogens with one attached hydrogen (secondary N) is 1. The molecule has 2 aromatic rings. The molecule has 0 spiro atoms. The minimum absolute atomic E-state index is 0.244. The van der Waals surface area contributed by atoms with Crippen molar-refractivity contribution < 1.29 is 4.74 Å². The lowest BCUT2D eigenvalue weighted by atomic mass is 10.1. The largest absolute Gasteiger partial charge is 0.384 e. The van der Waals surface area contributed by atoms with Crippen molar-refractivity contribution in [3.63, 3.8) is 0 Å². The van der Waals surface area contributed by atoms with Crippen molar-refractivity contribution >= 4 is 22.9 Å². The number of methoxy groups -OCH3 is 1. The number of nitrogen functional groups attached to an aromatic ring is 1. The van der Waals surface area contributed by atoms with Gasteiger partial charge in [0.2, 0.25) is 5.95 Å². The van der Waals surface area contributed by atoms with Crippen molar-refractivity contribution in [1.29, 1.82) is 0 Å². The first-order valence-corrected chi connectivity index (χ1v) is 7.68. The van der Waals surface area contributed by atoms with Crippen LogP contribution in [0.4, 0.5) is 11.8 Å². The van der Waals surface area contributed by atoms with Gasteiger partial charge in [-0.3, -0.25) is 0 Å². The summed E-state index contributed by atoms with van der Waals surface area (Å²) in [6.07, 6.45) is 9.58. The van der Waals surface area contributed by atoms with Gasteiger partial charge in [0.1, 0.15) is 0 Å². The van der Waals surface area contributed by atoms with Crippen molar-refractivity contribution in [2.75, 3.05) is 24.8 Å². The number of imidazole rings is 1. The highest BCUT2D eigenvalue weighted by Gasteiger charge is 2.26. The fourth-order valence-corrected chi connectivity index (χ4v) is 2.99. The van der Waals surface area contributed by atoms with Gasteiger partial charge < -0.3 is 20.4 Å². The number of allylic oxidation sites excluding steroid dienone is 1. The minimum atomic E-state index is 0.244. The van der Waals surface area contributed by atoms with Crippen molar-refractivity contribution in [1.82, 2.24) is 19.5 Å². The first-order chi connectivity index (χ1) is 10.7. The second kappa shape index (κ2) is 5.24. The lowest BCUT2D eigenvalue weighted by molar-refractivity contribution is 0.166. The van der Waals surface area contributed by atoms with Gasteiger partial charge in [-0.05, 0) is 19.3 Å². The number of aromatic nitrogens is 4. The van der Waals surface area contributed by atoms with Crippen molar-refractivity contribution in [3.05, 3.63) is 18.5 Å². The highest BCUT2D eigenvalue weighted by atomic mass is 16.5. The zero-order valence-electron chi connectivity index (χ0n) is 12.6. The van der Waals surface area contributed by atoms with Gasteiger partial charge in [-0.1, -0.05) is 12.2 Å². The van der Waals surface area contributed by atoms with E-state index in [1.54, 1.807) is 7.11 Å². The standard InChI is InChI=1S/C15H20N6O/c1-22-7-9-2-5-11(6-9)21-8-17-12-13(18-10-3-4-10)19-15(16)20-14(12)21/h2,5,8-11H,3-4,6-7H2,1H3,(H3,16,18,19,20). The smallest absolute Gasteiger partial charge is 0.224 e. The van der Waals surface area contributed by atoms with E-state index in [2.05, 4.69) is 37.0 Å². The SMILES string of the molecule is COCC1C=CC(n2cnc3c(NC4CC4)nc(N)nc32)C1. The molecule has 7 nitrogen and oxygen atoms in total. The summed E-state index contributed by atoms with van der Waals surface area (Å²) in [6, 6.07) is 0.744. The Morgan fingerprint density at radius 3 is 3.00 bits per heavy atom. The molecule has 2 aromatic heterocycles. The van der Waals surface area contributed by atoms with Crippen LogP contribution in [0.2, 0.25) is 0 Å². The molecule has 0 aliphatic heterocycles. The topological polar surface area (TPSA) is 90.9 Å². The Morgan fingerprint density at radius 2 is 2.23 bits per heavy atom. The van der Waals surface area contributed by atoms with Crippen LogP contribution in [-0.2, 0) is 4.74 Å². The normalized spacial score (nSPS) is 24.2. The fraction of sp³-hybridized carbons (Fsp3) is 0.533. The monoisotopic (exact) mass is 300 g/mol. The van der Waals surface area contributed by atoms with Crippen molar-refractivity contribution in [3.8, 4) is 0 Å². The number of rotatable bonds is 5. The molecule has 0 aromatic carbocycles. The lowest BCUT2D eigenvalue weighted by Crippen LogP contribution is -2.10. The molecule has 1 fully saturated rings. The maximum absolute atomic E-state index is 5.88. The van der Waals surface area contributed by atoms with Crippen LogP contribution in [0.15, 0.2) is 18.5 Å². The number of nitrogens with zero attached hydrogens (tertiary/aromatic N) is 4. The molecule has 2 unspecified atom stereocenters. The second-order valence-electron chi connectivity index (χ2n) is 6.08. The van der Waals surface area contributed by atoms with Gasteiger partial charge in [0.15, 0.2) is 17.0 Å². The summed E-state index contributed by atoms with van der Waals surface area (Å²) in [6.45, 7) is 0.741. The van der Waals surface area contributed by atoms with E-state index in [0.717, 1.165) is 30.0 Å². The molecule has 2 aliphatic rings. The van der Waals surface area contributed by atoms with Crippen molar-refractivity contribution in [2.24, 2.45) is 5.92 Å². The molecule has 7 heteroatoms. The Morgan fingerprint density at radius 1 is 1.36 bits per heavy atom. The third kappa shape index (κ3) is 2.41. The van der Waals surface area contributed by atoms with E-state index in [-0.39, 0.29) is 12.0 Å². The maximum atomic E-state index is 5.88. The minimum Gasteiger partial charge on any atom is -0.384 e. The van der Waals surface area contributed by atoms with E-state index in [1.807, 2.05) is 6.33 Å². The number of nitrogens with two attached hydrogens (primary N) is 1. The third-order valence-electron chi connectivity index (χ3n) is 4.24. The average molecular weight is 300 g/mol. The first-order valence-electron chi connectivity index (χ1n) is 7.68. The summed E-state index contributed by atoms with van der Waals surface area (Å²) in [5.41, 5.74) is 7.47. The quantitative estimate of drug-likeness (QED) is 0.817. The van der Waals surface area contributed by atoms with Crippen LogP contribution < -0.4 is 11.1 Å². The molecule has 4 rings (SSSR count). The summed E-state index contributed by atoms with van der Waals surface area (Å²) in [4.78, 5) is 13.2. The molecule has 116 valence electrons. The first kappa shape index (κ1) is 13.5. The lowest BCUT2D eigenvalue weighted by Gasteiger charge is -2.14. The summed E-state index contributed by atoms with van der Waals surface area (Å²) in [5.74, 6) is 1.47. The zero-order valence-corrected chi connectivity index (χ0v) is 12.6. The van der Waals surface area contributed by atoms with Crippen LogP contribution in [0.5, 0.6) is 0 Å². The predicted molar refractivity (Wildman–Crippen MR) is 84.5 cm³/mol. The number of hydrogen-bond acceptors (Lipinski definition) is 6. The average Bonchev–Trinajstić information content (AvgIpc) is 3.02. The molecule has 2 aliphatic carbocycles. The van der Waals surface area contributed by atoms with Gasteiger partial charge >= 0.3 is 0 Å². The Balaban J connectivity index is 1.67. The number of hydrogen-bond donors (Lipinski definition) is 2. The predicted octanol–water partition coefficient (Wildman–Crippen LogP) is 1.75. The summed E-state index contributed by atoms with van der Waals surface area (Å²) in [5, 5.41) is 3.39. The molecule has 0 radical (unpaired) electrons. The molecule has 2 heterocycles. The molecule has 2 atom stereocenters. The Hall–Kier alpha value is -2.15. The van der Waals surface area contributed by atoms with E-state index in [1.165, 1.54) is 12.8 Å². The molecular weight excluding hydrogens is 280 g/mol. The van der Waals surface area contributed by atoms with Gasteiger partial charge in [0, 0.05) is 19.1 Å². The Bertz CT molecular complexity index is 720. The molecule has 0 saturated heterocycles. The maximum Gasteiger partial charge on any atom is 0.224 e. The molecule has 3 N–H and O–H groups in total. The van der Waals surface area contributed by atoms with Crippen LogP contribution >= 0.6 is 0 Å². The summed E-state index contributed by atoms with van der Waals surface area (Å²) >= 11 is 0. The van der Waals surface area contributed by atoms with E-state index in [0.29, 0.717) is 12.0 Å². The van der Waals surface area contributed by atoms with Gasteiger partial charge in [-0.25, -0.2) is 4.98 Å². The highest BCUT2D eigenvalue weighted by Crippen LogP contribution is 2.33. The van der Waals surface area contributed by atoms with Gasteiger partial charge in [0.25, 0.3) is 0 Å². The zero-order chi connectivity index (χ0) is 15.1. The fourth-order valence-electron chi connectivity index (χ4n) is 2.99. The number of anilines is 2. The second-order valence-corrected chi connectivity index (χ2v) is 6.08.